The number of nitrogens with one attached hydrogen (secondary N) is 1. The van der Waals surface area contributed by atoms with E-state index in [1.165, 1.54) is 0 Å². The number of alkyl halides is 1. The van der Waals surface area contributed by atoms with Gasteiger partial charge in [-0.2, -0.15) is 0 Å². The molecule has 0 aliphatic rings. The number of benzene rings is 1. The maximum Gasteiger partial charge on any atom is 0.242 e. The normalized spacial score (nSPS) is 12.7. The Labute approximate surface area is 146 Å². The van der Waals surface area contributed by atoms with Gasteiger partial charge in [-0.15, -0.1) is 0 Å². The minimum Gasteiger partial charge on any atom is -0.207 e. The van der Waals surface area contributed by atoms with Crippen molar-refractivity contribution in [3.05, 3.63) is 26.6 Å². The van der Waals surface area contributed by atoms with E-state index in [4.69, 9.17) is 0 Å². The van der Waals surface area contributed by atoms with Crippen LogP contribution in [0.3, 0.4) is 0 Å². The van der Waals surface area contributed by atoms with Gasteiger partial charge in [0.05, 0.1) is 4.90 Å². The largest absolute Gasteiger partial charge is 0.242 e. The Hall–Kier alpha value is 0.570. The van der Waals surface area contributed by atoms with Gasteiger partial charge < -0.3 is 0 Å². The molecule has 0 spiro atoms. The van der Waals surface area contributed by atoms with Crippen LogP contribution in [0.15, 0.2) is 26.0 Å². The molecule has 20 heavy (non-hydrogen) atoms. The smallest absolute Gasteiger partial charge is 0.207 e. The summed E-state index contributed by atoms with van der Waals surface area (Å²) in [5, 5.41) is 0.580. The van der Waals surface area contributed by atoms with E-state index in [-0.39, 0.29) is 4.90 Å². The van der Waals surface area contributed by atoms with Crippen molar-refractivity contribution in [3.8, 4) is 0 Å². The predicted molar refractivity (Wildman–Crippen MR) is 94.0 cm³/mol. The Kier molecular flexibility index (Phi) is 6.72. The number of hydrogen-bond acceptors (Lipinski definition) is 2. The van der Waals surface area contributed by atoms with E-state index in [1.54, 1.807) is 12.1 Å². The molecule has 3 nitrogen and oxygen atoms in total. The fraction of sp³-hybridized carbons (Fsp3) is 0.538. The minimum absolute atomic E-state index is 0.252. The van der Waals surface area contributed by atoms with Crippen molar-refractivity contribution in [2.45, 2.75) is 44.0 Å². The van der Waals surface area contributed by atoms with Crippen LogP contribution in [0.4, 0.5) is 0 Å². The lowest BCUT2D eigenvalue weighted by atomic mass is 9.97. The maximum atomic E-state index is 12.6. The van der Waals surface area contributed by atoms with Crippen LogP contribution in [-0.4, -0.2) is 19.3 Å². The molecule has 0 amide bonds. The number of halogens is 3. The van der Waals surface area contributed by atoms with Crippen molar-refractivity contribution in [2.24, 2.45) is 0 Å². The summed E-state index contributed by atoms with van der Waals surface area (Å²) in [6.07, 6.45) is 1.44. The molecule has 0 aliphatic heterocycles. The molecule has 0 aliphatic carbocycles. The van der Waals surface area contributed by atoms with Crippen molar-refractivity contribution in [1.82, 2.24) is 4.72 Å². The highest BCUT2D eigenvalue weighted by atomic mass is 79.9. The van der Waals surface area contributed by atoms with Crippen LogP contribution in [0.25, 0.3) is 0 Å². The fourth-order valence-electron chi connectivity index (χ4n) is 1.78. The van der Waals surface area contributed by atoms with Crippen LogP contribution in [0.1, 0.15) is 32.3 Å². The summed E-state index contributed by atoms with van der Waals surface area (Å²) in [5.41, 5.74) is 0.517. The van der Waals surface area contributed by atoms with Crippen molar-refractivity contribution < 1.29 is 8.42 Å². The molecule has 0 bridgehead atoms. The fourth-order valence-corrected chi connectivity index (χ4v) is 6.12. The first-order valence-electron chi connectivity index (χ1n) is 6.27. The highest BCUT2D eigenvalue weighted by Crippen LogP contribution is 2.30. The maximum absolute atomic E-state index is 12.6. The second-order valence-corrected chi connectivity index (χ2v) is 8.68. The molecule has 0 saturated carbocycles. The van der Waals surface area contributed by atoms with Crippen LogP contribution in [0, 0.1) is 6.92 Å². The Bertz CT molecular complexity index is 575. The number of hydrogen-bond donors (Lipinski definition) is 1. The van der Waals surface area contributed by atoms with Crippen LogP contribution in [-0.2, 0) is 10.0 Å². The van der Waals surface area contributed by atoms with Crippen LogP contribution in [0.2, 0.25) is 0 Å². The third-order valence-corrected chi connectivity index (χ3v) is 7.93. The summed E-state index contributed by atoms with van der Waals surface area (Å²) in [6.45, 7) is 5.88. The zero-order valence-electron chi connectivity index (χ0n) is 11.6. The second kappa shape index (κ2) is 7.22. The summed E-state index contributed by atoms with van der Waals surface area (Å²) in [4.78, 5) is 0.252. The molecule has 0 radical (unpaired) electrons. The molecule has 1 rings (SSSR count). The van der Waals surface area contributed by atoms with Gasteiger partial charge in [-0.3, -0.25) is 0 Å². The van der Waals surface area contributed by atoms with Gasteiger partial charge >= 0.3 is 0 Å². The van der Waals surface area contributed by atoms with E-state index in [0.29, 0.717) is 9.80 Å². The van der Waals surface area contributed by atoms with Crippen molar-refractivity contribution in [2.75, 3.05) is 5.33 Å². The van der Waals surface area contributed by atoms with Crippen molar-refractivity contribution in [1.29, 1.82) is 0 Å². The van der Waals surface area contributed by atoms with Crippen molar-refractivity contribution in [3.63, 3.8) is 0 Å². The first-order valence-corrected chi connectivity index (χ1v) is 10.5. The minimum atomic E-state index is -3.58. The van der Waals surface area contributed by atoms with Gasteiger partial charge in [0.25, 0.3) is 0 Å². The zero-order chi connectivity index (χ0) is 15.6. The molecule has 0 unspecified atom stereocenters. The topological polar surface area (TPSA) is 46.2 Å². The third kappa shape index (κ3) is 4.06. The van der Waals surface area contributed by atoms with E-state index in [2.05, 4.69) is 52.5 Å². The molecule has 1 aromatic rings. The summed E-state index contributed by atoms with van der Waals surface area (Å²) < 4.78 is 29.4. The highest BCUT2D eigenvalue weighted by molar-refractivity contribution is 9.11. The van der Waals surface area contributed by atoms with Crippen LogP contribution < -0.4 is 4.72 Å². The predicted octanol–water partition coefficient (Wildman–Crippen LogP) is 4.75. The average molecular weight is 492 g/mol. The third-order valence-electron chi connectivity index (χ3n) is 3.46. The van der Waals surface area contributed by atoms with Gasteiger partial charge in [-0.25, -0.2) is 13.1 Å². The van der Waals surface area contributed by atoms with Gasteiger partial charge in [-0.1, -0.05) is 45.7 Å². The molecule has 114 valence electrons. The molecule has 0 saturated heterocycles. The zero-order valence-corrected chi connectivity index (χ0v) is 17.2. The molecule has 0 atom stereocenters. The number of aryl methyl sites for hydroxylation is 1. The lowest BCUT2D eigenvalue weighted by Crippen LogP contribution is -2.49. The standard InChI is InChI=1S/C13H18Br3NO2S/c1-4-13(5-2,8-14)17-20(18,19)12-7-10(15)9(3)6-11(12)16/h6-7,17H,4-5,8H2,1-3H3. The average Bonchev–Trinajstić information content (AvgIpc) is 2.40. The summed E-state index contributed by atoms with van der Waals surface area (Å²) in [5.74, 6) is 0. The monoisotopic (exact) mass is 489 g/mol. The summed E-state index contributed by atoms with van der Waals surface area (Å²) in [7, 11) is -3.58. The van der Waals surface area contributed by atoms with E-state index in [0.717, 1.165) is 22.9 Å². The van der Waals surface area contributed by atoms with Gasteiger partial charge in [0, 0.05) is 19.8 Å². The Morgan fingerprint density at radius 2 is 1.70 bits per heavy atom. The Morgan fingerprint density at radius 1 is 1.15 bits per heavy atom. The first-order chi connectivity index (χ1) is 9.21. The Balaban J connectivity index is 3.28. The highest BCUT2D eigenvalue weighted by Gasteiger charge is 2.32. The van der Waals surface area contributed by atoms with E-state index in [9.17, 15) is 8.42 Å². The molecular formula is C13H18Br3NO2S. The second-order valence-electron chi connectivity index (χ2n) is 4.76. The van der Waals surface area contributed by atoms with Gasteiger partial charge in [-0.05, 0) is 53.4 Å². The lowest BCUT2D eigenvalue weighted by molar-refractivity contribution is 0.398. The van der Waals surface area contributed by atoms with Crippen LogP contribution >= 0.6 is 47.8 Å². The molecule has 0 fully saturated rings. The van der Waals surface area contributed by atoms with Crippen molar-refractivity contribution >= 4 is 57.8 Å². The number of sulfonamides is 1. The summed E-state index contributed by atoms with van der Waals surface area (Å²) >= 11 is 10.1. The molecular weight excluding hydrogens is 474 g/mol. The first kappa shape index (κ1) is 18.6. The quantitative estimate of drug-likeness (QED) is 0.583. The van der Waals surface area contributed by atoms with Crippen LogP contribution in [0.5, 0.6) is 0 Å². The lowest BCUT2D eigenvalue weighted by Gasteiger charge is -2.30. The van der Waals surface area contributed by atoms with E-state index < -0.39 is 15.6 Å². The van der Waals surface area contributed by atoms with E-state index in [1.807, 2.05) is 20.8 Å². The van der Waals surface area contributed by atoms with Gasteiger partial charge in [0.15, 0.2) is 0 Å². The van der Waals surface area contributed by atoms with Gasteiger partial charge in [0.2, 0.25) is 10.0 Å². The number of rotatable bonds is 6. The SMILES string of the molecule is CCC(CC)(CBr)NS(=O)(=O)c1cc(Br)c(C)cc1Br. The van der Waals surface area contributed by atoms with E-state index >= 15 is 0 Å². The molecule has 0 aromatic heterocycles. The molecule has 1 aromatic carbocycles. The van der Waals surface area contributed by atoms with Gasteiger partial charge in [0.1, 0.15) is 0 Å². The molecule has 1 N–H and O–H groups in total. The molecule has 0 heterocycles. The summed E-state index contributed by atoms with van der Waals surface area (Å²) in [6, 6.07) is 3.43. The molecule has 7 heteroatoms. The Morgan fingerprint density at radius 3 is 2.15 bits per heavy atom.